The smallest absolute Gasteiger partial charge is 0.339 e. The number of carbonyl (C=O) groups excluding carboxylic acids is 1. The van der Waals surface area contributed by atoms with Gasteiger partial charge in [0.2, 0.25) is 0 Å². The molecule has 0 aromatic heterocycles. The average Bonchev–Trinajstić information content (AvgIpc) is 2.17. The van der Waals surface area contributed by atoms with Gasteiger partial charge >= 0.3 is 5.97 Å². The Hall–Kier alpha value is -0.540. The topological polar surface area (TPSA) is 26.3 Å². The summed E-state index contributed by atoms with van der Waals surface area (Å²) in [4.78, 5) is 11.6. The minimum atomic E-state index is -0.349. The van der Waals surface area contributed by atoms with Gasteiger partial charge in [-0.05, 0) is 39.5 Å². The zero-order valence-electron chi connectivity index (χ0n) is 8.59. The summed E-state index contributed by atoms with van der Waals surface area (Å²) >= 11 is 9.10. The summed E-state index contributed by atoms with van der Waals surface area (Å²) in [5, 5.41) is 0.606. The molecule has 82 valence electrons. The van der Waals surface area contributed by atoms with Gasteiger partial charge in [-0.3, -0.25) is 0 Å². The second-order valence-electron chi connectivity index (χ2n) is 3.40. The van der Waals surface area contributed by atoms with Gasteiger partial charge in [-0.15, -0.1) is 0 Å². The number of hydrogen-bond acceptors (Lipinski definition) is 2. The molecule has 0 spiro atoms. The predicted octanol–water partition coefficient (Wildman–Crippen LogP) is 3.97. The molecule has 0 saturated carbocycles. The van der Waals surface area contributed by atoms with Gasteiger partial charge in [0.15, 0.2) is 0 Å². The first-order valence-corrected chi connectivity index (χ1v) is 6.09. The van der Waals surface area contributed by atoms with E-state index in [0.29, 0.717) is 10.6 Å². The summed E-state index contributed by atoms with van der Waals surface area (Å²) in [6.45, 7) is 3.98. The van der Waals surface area contributed by atoms with Crippen LogP contribution in [0.3, 0.4) is 0 Å². The van der Waals surface area contributed by atoms with Crippen molar-refractivity contribution < 1.29 is 9.53 Å². The molecule has 0 amide bonds. The summed E-state index contributed by atoms with van der Waals surface area (Å²) in [5.41, 5.74) is 1.57. The molecule has 0 N–H and O–H groups in total. The average molecular weight is 292 g/mol. The van der Waals surface area contributed by atoms with Crippen molar-refractivity contribution in [1.82, 2.24) is 0 Å². The lowest BCUT2D eigenvalue weighted by atomic mass is 9.97. The molecule has 0 radical (unpaired) electrons. The largest absolute Gasteiger partial charge is 0.450 e. The number of esters is 1. The third kappa shape index (κ3) is 2.95. The molecule has 2 nitrogen and oxygen atoms in total. The highest BCUT2D eigenvalue weighted by Gasteiger charge is 2.17. The van der Waals surface area contributed by atoms with Crippen molar-refractivity contribution in [1.29, 1.82) is 0 Å². The van der Waals surface area contributed by atoms with Crippen LogP contribution in [0, 0.1) is 0 Å². The van der Waals surface area contributed by atoms with E-state index in [9.17, 15) is 4.79 Å². The van der Waals surface area contributed by atoms with E-state index >= 15 is 0 Å². The Morgan fingerprint density at radius 1 is 1.53 bits per heavy atom. The molecule has 1 rings (SSSR count). The zero-order valence-corrected chi connectivity index (χ0v) is 10.9. The van der Waals surface area contributed by atoms with Gasteiger partial charge < -0.3 is 4.74 Å². The number of ether oxygens (including phenoxy) is 1. The maximum absolute atomic E-state index is 11.6. The Morgan fingerprint density at radius 2 is 2.20 bits per heavy atom. The molecule has 0 aliphatic heterocycles. The van der Waals surface area contributed by atoms with Crippen molar-refractivity contribution in [3.8, 4) is 0 Å². The SMILES string of the molecule is CC(C)c1c(Cl)cccc1C(=O)OCBr. The molecule has 15 heavy (non-hydrogen) atoms. The number of benzene rings is 1. The first kappa shape index (κ1) is 12.5. The number of hydrogen-bond donors (Lipinski definition) is 0. The molecular weight excluding hydrogens is 279 g/mol. The van der Waals surface area contributed by atoms with Crippen molar-refractivity contribution in [3.63, 3.8) is 0 Å². The maximum Gasteiger partial charge on any atom is 0.339 e. The Kier molecular flexibility index (Phi) is 4.61. The molecule has 0 saturated heterocycles. The highest BCUT2D eigenvalue weighted by molar-refractivity contribution is 9.09. The maximum atomic E-state index is 11.6. The highest BCUT2D eigenvalue weighted by atomic mass is 79.9. The van der Waals surface area contributed by atoms with E-state index in [2.05, 4.69) is 15.9 Å². The monoisotopic (exact) mass is 290 g/mol. The van der Waals surface area contributed by atoms with Crippen LogP contribution >= 0.6 is 27.5 Å². The lowest BCUT2D eigenvalue weighted by Gasteiger charge is -2.13. The van der Waals surface area contributed by atoms with Crippen LogP contribution in [-0.4, -0.2) is 11.5 Å². The van der Waals surface area contributed by atoms with Gasteiger partial charge in [-0.25, -0.2) is 4.79 Å². The summed E-state index contributed by atoms with van der Waals surface area (Å²) in [5.74, 6) is -0.158. The lowest BCUT2D eigenvalue weighted by molar-refractivity contribution is 0.0582. The minimum absolute atomic E-state index is 0.190. The Labute approximate surface area is 103 Å². The Balaban J connectivity index is 3.17. The molecule has 0 fully saturated rings. The minimum Gasteiger partial charge on any atom is -0.450 e. The normalized spacial score (nSPS) is 10.5. The first-order valence-electron chi connectivity index (χ1n) is 4.59. The summed E-state index contributed by atoms with van der Waals surface area (Å²) in [6, 6.07) is 5.26. The van der Waals surface area contributed by atoms with Crippen molar-refractivity contribution in [2.45, 2.75) is 19.8 Å². The van der Waals surface area contributed by atoms with Crippen LogP contribution in [0.2, 0.25) is 5.02 Å². The van der Waals surface area contributed by atoms with Crippen molar-refractivity contribution in [2.24, 2.45) is 0 Å². The van der Waals surface area contributed by atoms with Crippen molar-refractivity contribution in [3.05, 3.63) is 34.3 Å². The number of alkyl halides is 1. The number of carbonyl (C=O) groups is 1. The number of rotatable bonds is 3. The van der Waals surface area contributed by atoms with Gasteiger partial charge in [-0.2, -0.15) is 0 Å². The van der Waals surface area contributed by atoms with Gasteiger partial charge in [0, 0.05) is 5.02 Å². The van der Waals surface area contributed by atoms with E-state index in [1.165, 1.54) is 0 Å². The second-order valence-corrected chi connectivity index (χ2v) is 4.26. The predicted molar refractivity (Wildman–Crippen MR) is 64.8 cm³/mol. The number of halogens is 2. The van der Waals surface area contributed by atoms with Crippen LogP contribution in [0.1, 0.15) is 35.7 Å². The van der Waals surface area contributed by atoms with Crippen LogP contribution in [0.4, 0.5) is 0 Å². The van der Waals surface area contributed by atoms with Crippen LogP contribution in [0.5, 0.6) is 0 Å². The van der Waals surface area contributed by atoms with Crippen LogP contribution in [0.25, 0.3) is 0 Å². The fraction of sp³-hybridized carbons (Fsp3) is 0.364. The summed E-state index contributed by atoms with van der Waals surface area (Å²) in [6.07, 6.45) is 0. The molecule has 1 aromatic rings. The summed E-state index contributed by atoms with van der Waals surface area (Å²) in [7, 11) is 0. The van der Waals surface area contributed by atoms with E-state index < -0.39 is 0 Å². The Bertz CT molecular complexity index is 364. The molecule has 1 aromatic carbocycles. The fourth-order valence-corrected chi connectivity index (χ4v) is 2.03. The highest BCUT2D eigenvalue weighted by Crippen LogP contribution is 2.28. The fourth-order valence-electron chi connectivity index (χ4n) is 1.43. The zero-order chi connectivity index (χ0) is 11.4. The van der Waals surface area contributed by atoms with Crippen LogP contribution in [-0.2, 0) is 4.74 Å². The van der Waals surface area contributed by atoms with E-state index in [0.717, 1.165) is 5.56 Å². The van der Waals surface area contributed by atoms with Gasteiger partial charge in [0.05, 0.1) is 5.56 Å². The molecule has 0 aliphatic carbocycles. The lowest BCUT2D eigenvalue weighted by Crippen LogP contribution is -2.08. The standard InChI is InChI=1S/C11H12BrClO2/c1-7(2)10-8(11(14)15-6-12)4-3-5-9(10)13/h3-5,7H,6H2,1-2H3. The van der Waals surface area contributed by atoms with Gasteiger partial charge in [0.25, 0.3) is 0 Å². The van der Waals surface area contributed by atoms with Crippen molar-refractivity contribution >= 4 is 33.5 Å². The van der Waals surface area contributed by atoms with Crippen LogP contribution < -0.4 is 0 Å². The molecular formula is C11H12BrClO2. The first-order chi connectivity index (χ1) is 7.07. The second kappa shape index (κ2) is 5.52. The van der Waals surface area contributed by atoms with E-state index in [1.54, 1.807) is 18.2 Å². The quantitative estimate of drug-likeness (QED) is 0.622. The molecule has 4 heteroatoms. The summed E-state index contributed by atoms with van der Waals surface area (Å²) < 4.78 is 4.89. The Morgan fingerprint density at radius 3 is 2.73 bits per heavy atom. The third-order valence-electron chi connectivity index (χ3n) is 2.04. The molecule has 0 bridgehead atoms. The van der Waals surface area contributed by atoms with Crippen molar-refractivity contribution in [2.75, 3.05) is 5.52 Å². The van der Waals surface area contributed by atoms with Crippen LogP contribution in [0.15, 0.2) is 18.2 Å². The van der Waals surface area contributed by atoms with E-state index in [4.69, 9.17) is 16.3 Å². The molecule has 0 atom stereocenters. The van der Waals surface area contributed by atoms with Gasteiger partial charge in [-0.1, -0.05) is 31.5 Å². The molecule has 0 heterocycles. The third-order valence-corrected chi connectivity index (χ3v) is 2.59. The molecule has 0 aliphatic rings. The van der Waals surface area contributed by atoms with E-state index in [1.807, 2.05) is 13.8 Å². The van der Waals surface area contributed by atoms with Gasteiger partial charge in [0.1, 0.15) is 5.52 Å². The van der Waals surface area contributed by atoms with E-state index in [-0.39, 0.29) is 17.4 Å². The molecule has 0 unspecified atom stereocenters.